The molecule has 6 nitrogen and oxygen atoms in total. The Morgan fingerprint density at radius 1 is 0.432 bits per heavy atom. The van der Waals surface area contributed by atoms with Gasteiger partial charge >= 0.3 is 11.9 Å². The Kier molecular flexibility index (Phi) is 12.9. The molecule has 0 radical (unpaired) electrons. The summed E-state index contributed by atoms with van der Waals surface area (Å²) in [6.45, 7) is 5.71. The zero-order valence-corrected chi connectivity index (χ0v) is 25.8. The first-order valence-corrected chi connectivity index (χ1v) is 15.7. The van der Waals surface area contributed by atoms with Crippen molar-refractivity contribution in [2.75, 3.05) is 13.2 Å². The Balaban J connectivity index is 1.24. The molecule has 0 aliphatic carbocycles. The maximum absolute atomic E-state index is 12.6. The average molecular weight is 595 g/mol. The highest BCUT2D eigenvalue weighted by Crippen LogP contribution is 2.26. The molecule has 0 heterocycles. The molecule has 4 aromatic carbocycles. The van der Waals surface area contributed by atoms with Gasteiger partial charge in [-0.3, -0.25) is 0 Å². The van der Waals surface area contributed by atoms with Crippen molar-refractivity contribution < 1.29 is 28.5 Å². The monoisotopic (exact) mass is 594 g/mol. The molecule has 6 heteroatoms. The molecule has 0 amide bonds. The summed E-state index contributed by atoms with van der Waals surface area (Å²) in [4.78, 5) is 25.2. The van der Waals surface area contributed by atoms with Crippen molar-refractivity contribution in [3.05, 3.63) is 108 Å². The fourth-order valence-electron chi connectivity index (χ4n) is 4.57. The van der Waals surface area contributed by atoms with Gasteiger partial charge in [-0.25, -0.2) is 9.59 Å². The number of carbonyl (C=O) groups is 2. The van der Waals surface area contributed by atoms with Crippen LogP contribution in [0, 0.1) is 0 Å². The number of benzene rings is 4. The first-order chi connectivity index (χ1) is 21.6. The molecular formula is C38H42O6. The van der Waals surface area contributed by atoms with Gasteiger partial charge < -0.3 is 18.9 Å². The molecular weight excluding hydrogens is 552 g/mol. The second-order valence-electron chi connectivity index (χ2n) is 10.7. The SMILES string of the molecule is CCCCCCOc1ccc(C(=O)Oc2ccc(-c3ccc(OC(=O)c4ccc(OCCCCCC)cc4)cc3)cc2)cc1. The van der Waals surface area contributed by atoms with Crippen LogP contribution >= 0.6 is 0 Å². The van der Waals surface area contributed by atoms with Gasteiger partial charge in [0.1, 0.15) is 23.0 Å². The van der Waals surface area contributed by atoms with E-state index >= 15 is 0 Å². The molecule has 0 saturated carbocycles. The van der Waals surface area contributed by atoms with Crippen LogP contribution in [0.2, 0.25) is 0 Å². The number of hydrogen-bond donors (Lipinski definition) is 0. The zero-order chi connectivity index (χ0) is 31.0. The molecule has 4 rings (SSSR count). The molecule has 0 bridgehead atoms. The Bertz CT molecular complexity index is 1310. The quantitative estimate of drug-likeness (QED) is 0.0688. The largest absolute Gasteiger partial charge is 0.494 e. The fraction of sp³-hybridized carbons (Fsp3) is 0.316. The number of ether oxygens (including phenoxy) is 4. The molecule has 0 aliphatic rings. The van der Waals surface area contributed by atoms with E-state index in [1.165, 1.54) is 25.7 Å². The maximum atomic E-state index is 12.6. The van der Waals surface area contributed by atoms with Crippen LogP contribution in [0.1, 0.15) is 85.9 Å². The lowest BCUT2D eigenvalue weighted by atomic mass is 10.1. The molecule has 4 aromatic rings. The first kappa shape index (κ1) is 32.3. The first-order valence-electron chi connectivity index (χ1n) is 15.7. The van der Waals surface area contributed by atoms with E-state index in [2.05, 4.69) is 13.8 Å². The van der Waals surface area contributed by atoms with E-state index < -0.39 is 11.9 Å². The normalized spacial score (nSPS) is 10.7. The lowest BCUT2D eigenvalue weighted by Gasteiger charge is -2.09. The fourth-order valence-corrected chi connectivity index (χ4v) is 4.57. The standard InChI is InChI=1S/C38H42O6/c1-3-5-7-9-27-41-33-19-15-31(16-20-33)37(39)43-35-23-11-29(12-24-35)30-13-25-36(26-14-30)44-38(40)32-17-21-34(22-18-32)42-28-10-8-6-4-2/h11-26H,3-10,27-28H2,1-2H3. The number of hydrogen-bond acceptors (Lipinski definition) is 6. The minimum absolute atomic E-state index is 0.428. The summed E-state index contributed by atoms with van der Waals surface area (Å²) in [5.74, 6) is 1.54. The summed E-state index contributed by atoms with van der Waals surface area (Å²) in [5, 5.41) is 0. The van der Waals surface area contributed by atoms with E-state index in [9.17, 15) is 9.59 Å². The number of carbonyl (C=O) groups excluding carboxylic acids is 2. The third-order valence-electron chi connectivity index (χ3n) is 7.18. The van der Waals surface area contributed by atoms with E-state index in [0.29, 0.717) is 35.8 Å². The molecule has 0 aliphatic heterocycles. The van der Waals surface area contributed by atoms with Gasteiger partial charge in [0.05, 0.1) is 24.3 Å². The lowest BCUT2D eigenvalue weighted by molar-refractivity contribution is 0.0725. The molecule has 0 aromatic heterocycles. The minimum atomic E-state index is -0.428. The number of rotatable bonds is 17. The summed E-state index contributed by atoms with van der Waals surface area (Å²) in [6.07, 6.45) is 9.18. The van der Waals surface area contributed by atoms with E-state index in [4.69, 9.17) is 18.9 Å². The highest BCUT2D eigenvalue weighted by atomic mass is 16.5. The molecule has 0 fully saturated rings. The highest BCUT2D eigenvalue weighted by Gasteiger charge is 2.11. The summed E-state index contributed by atoms with van der Waals surface area (Å²) in [6, 6.07) is 28.6. The third kappa shape index (κ3) is 10.3. The lowest BCUT2D eigenvalue weighted by Crippen LogP contribution is -2.08. The third-order valence-corrected chi connectivity index (χ3v) is 7.18. The Labute approximate surface area is 260 Å². The Hall–Kier alpha value is -4.58. The van der Waals surface area contributed by atoms with E-state index in [1.807, 2.05) is 24.3 Å². The van der Waals surface area contributed by atoms with Crippen molar-refractivity contribution in [3.63, 3.8) is 0 Å². The summed E-state index contributed by atoms with van der Waals surface area (Å²) in [7, 11) is 0. The molecule has 0 N–H and O–H groups in total. The van der Waals surface area contributed by atoms with Gasteiger partial charge in [0.25, 0.3) is 0 Å². The smallest absolute Gasteiger partial charge is 0.343 e. The summed E-state index contributed by atoms with van der Waals surface area (Å²) < 4.78 is 22.6. The van der Waals surface area contributed by atoms with E-state index in [-0.39, 0.29) is 0 Å². The van der Waals surface area contributed by atoms with Gasteiger partial charge in [-0.05, 0) is 96.8 Å². The highest BCUT2D eigenvalue weighted by molar-refractivity contribution is 5.92. The van der Waals surface area contributed by atoms with Gasteiger partial charge in [0.15, 0.2) is 0 Å². The van der Waals surface area contributed by atoms with Crippen LogP contribution in [-0.4, -0.2) is 25.2 Å². The zero-order valence-electron chi connectivity index (χ0n) is 25.8. The Morgan fingerprint density at radius 2 is 0.773 bits per heavy atom. The topological polar surface area (TPSA) is 71.1 Å². The maximum Gasteiger partial charge on any atom is 0.343 e. The molecule has 0 unspecified atom stereocenters. The van der Waals surface area contributed by atoms with E-state index in [1.54, 1.807) is 72.8 Å². The van der Waals surface area contributed by atoms with Gasteiger partial charge in [-0.1, -0.05) is 76.6 Å². The number of esters is 2. The van der Waals surface area contributed by atoms with Crippen LogP contribution in [0.5, 0.6) is 23.0 Å². The van der Waals surface area contributed by atoms with Crippen molar-refractivity contribution in [2.24, 2.45) is 0 Å². The number of unbranched alkanes of at least 4 members (excludes halogenated alkanes) is 6. The molecule has 0 spiro atoms. The van der Waals surface area contributed by atoms with Crippen molar-refractivity contribution in [1.29, 1.82) is 0 Å². The molecule has 0 saturated heterocycles. The van der Waals surface area contributed by atoms with Crippen molar-refractivity contribution >= 4 is 11.9 Å². The van der Waals surface area contributed by atoms with Crippen molar-refractivity contribution in [2.45, 2.75) is 65.2 Å². The van der Waals surface area contributed by atoms with Gasteiger partial charge in [-0.2, -0.15) is 0 Å². The van der Waals surface area contributed by atoms with Gasteiger partial charge in [-0.15, -0.1) is 0 Å². The average Bonchev–Trinajstić information content (AvgIpc) is 3.06. The predicted octanol–water partition coefficient (Wildman–Crippen LogP) is 9.71. The molecule has 230 valence electrons. The van der Waals surface area contributed by atoms with Gasteiger partial charge in [0.2, 0.25) is 0 Å². The summed E-state index contributed by atoms with van der Waals surface area (Å²) in [5.41, 5.74) is 2.79. The Morgan fingerprint density at radius 3 is 1.11 bits per heavy atom. The molecule has 44 heavy (non-hydrogen) atoms. The van der Waals surface area contributed by atoms with Crippen LogP contribution in [0.4, 0.5) is 0 Å². The van der Waals surface area contributed by atoms with Crippen LogP contribution in [0.3, 0.4) is 0 Å². The van der Waals surface area contributed by atoms with Crippen molar-refractivity contribution in [3.8, 4) is 34.1 Å². The van der Waals surface area contributed by atoms with E-state index in [0.717, 1.165) is 48.3 Å². The second kappa shape index (κ2) is 17.5. The predicted molar refractivity (Wildman–Crippen MR) is 174 cm³/mol. The summed E-state index contributed by atoms with van der Waals surface area (Å²) >= 11 is 0. The molecule has 0 atom stereocenters. The van der Waals surface area contributed by atoms with Crippen LogP contribution in [-0.2, 0) is 0 Å². The van der Waals surface area contributed by atoms with Crippen LogP contribution < -0.4 is 18.9 Å². The van der Waals surface area contributed by atoms with Crippen molar-refractivity contribution in [1.82, 2.24) is 0 Å². The minimum Gasteiger partial charge on any atom is -0.494 e. The van der Waals surface area contributed by atoms with Crippen LogP contribution in [0.25, 0.3) is 11.1 Å². The van der Waals surface area contributed by atoms with Crippen LogP contribution in [0.15, 0.2) is 97.1 Å². The second-order valence-corrected chi connectivity index (χ2v) is 10.7. The van der Waals surface area contributed by atoms with Gasteiger partial charge in [0, 0.05) is 0 Å².